The van der Waals surface area contributed by atoms with Crippen molar-refractivity contribution in [2.45, 2.75) is 19.4 Å². The molecule has 4 rings (SSSR count). The van der Waals surface area contributed by atoms with Crippen molar-refractivity contribution >= 4 is 34.0 Å². The summed E-state index contributed by atoms with van der Waals surface area (Å²) in [6.45, 7) is 6.09. The molecule has 0 spiro atoms. The van der Waals surface area contributed by atoms with Gasteiger partial charge in [0.1, 0.15) is 5.69 Å². The molecule has 2 fully saturated rings. The zero-order valence-electron chi connectivity index (χ0n) is 18.8. The van der Waals surface area contributed by atoms with Gasteiger partial charge in [0, 0.05) is 51.8 Å². The van der Waals surface area contributed by atoms with Crippen molar-refractivity contribution in [1.29, 1.82) is 0 Å². The van der Waals surface area contributed by atoms with E-state index in [1.165, 1.54) is 11.3 Å². The number of benzene rings is 1. The molecule has 0 aliphatic carbocycles. The highest BCUT2D eigenvalue weighted by atomic mass is 32.1. The number of rotatable bonds is 8. The number of carboxylic acid groups (broad SMARTS) is 1. The Balaban J connectivity index is 1.40. The lowest BCUT2D eigenvalue weighted by Crippen LogP contribution is -2.35. The normalized spacial score (nSPS) is 17.6. The average molecular weight is 475 g/mol. The number of anilines is 2. The zero-order chi connectivity index (χ0) is 23.2. The number of hydrogen-bond donors (Lipinski definition) is 2. The Bertz CT molecular complexity index is 970. The highest BCUT2D eigenvalue weighted by molar-refractivity contribution is 7.13. The largest absolute Gasteiger partial charge is 0.478 e. The van der Waals surface area contributed by atoms with Gasteiger partial charge in [-0.1, -0.05) is 6.07 Å². The summed E-state index contributed by atoms with van der Waals surface area (Å²) in [5.41, 5.74) is 1.50. The standard InChI is InChI=1S/C23H30N4O5S/c1-26(13-16-4-8-31-9-5-16)23-25-20(15-33-23)21(28)24-19-3-2-17(12-18(19)22(29)30)14-27-6-10-32-11-7-27/h2-3,12,15-16H,4-11,13-14H2,1H3,(H,24,28)(H,29,30). The average Bonchev–Trinajstić information content (AvgIpc) is 3.32. The van der Waals surface area contributed by atoms with E-state index in [0.717, 1.165) is 56.4 Å². The van der Waals surface area contributed by atoms with Gasteiger partial charge in [-0.05, 0) is 36.5 Å². The predicted molar refractivity (Wildman–Crippen MR) is 126 cm³/mol. The summed E-state index contributed by atoms with van der Waals surface area (Å²) in [5, 5.41) is 14.9. The van der Waals surface area contributed by atoms with Gasteiger partial charge in [-0.15, -0.1) is 11.3 Å². The van der Waals surface area contributed by atoms with Crippen LogP contribution < -0.4 is 10.2 Å². The van der Waals surface area contributed by atoms with Gasteiger partial charge in [-0.25, -0.2) is 9.78 Å². The van der Waals surface area contributed by atoms with Crippen LogP contribution in [0.4, 0.5) is 10.8 Å². The van der Waals surface area contributed by atoms with Crippen molar-refractivity contribution in [3.8, 4) is 0 Å². The highest BCUT2D eigenvalue weighted by Crippen LogP contribution is 2.25. The van der Waals surface area contributed by atoms with E-state index in [1.54, 1.807) is 17.5 Å². The Morgan fingerprint density at radius 3 is 2.67 bits per heavy atom. The molecule has 10 heteroatoms. The van der Waals surface area contributed by atoms with Crippen molar-refractivity contribution in [3.05, 3.63) is 40.4 Å². The third-order valence-corrected chi connectivity index (χ3v) is 6.95. The predicted octanol–water partition coefficient (Wildman–Crippen LogP) is 2.79. The number of carbonyl (C=O) groups is 2. The summed E-state index contributed by atoms with van der Waals surface area (Å²) >= 11 is 1.41. The third kappa shape index (κ3) is 6.29. The highest BCUT2D eigenvalue weighted by Gasteiger charge is 2.21. The lowest BCUT2D eigenvalue weighted by molar-refractivity contribution is 0.0341. The van der Waals surface area contributed by atoms with Crippen LogP contribution in [0.1, 0.15) is 39.3 Å². The van der Waals surface area contributed by atoms with Crippen LogP contribution in [0.3, 0.4) is 0 Å². The molecule has 2 aliphatic rings. The molecule has 2 N–H and O–H groups in total. The van der Waals surface area contributed by atoms with Crippen LogP contribution in [-0.4, -0.2) is 80.0 Å². The van der Waals surface area contributed by atoms with E-state index in [1.807, 2.05) is 13.1 Å². The van der Waals surface area contributed by atoms with Crippen molar-refractivity contribution < 1.29 is 24.2 Å². The second-order valence-corrected chi connectivity index (χ2v) is 9.32. The Hall–Kier alpha value is -2.53. The number of aromatic nitrogens is 1. The number of morpholine rings is 1. The zero-order valence-corrected chi connectivity index (χ0v) is 19.6. The Morgan fingerprint density at radius 2 is 1.94 bits per heavy atom. The number of aromatic carboxylic acids is 1. The van der Waals surface area contributed by atoms with Crippen LogP contribution >= 0.6 is 11.3 Å². The van der Waals surface area contributed by atoms with E-state index in [-0.39, 0.29) is 16.9 Å². The second kappa shape index (κ2) is 11.1. The van der Waals surface area contributed by atoms with Crippen molar-refractivity contribution in [1.82, 2.24) is 9.88 Å². The lowest BCUT2D eigenvalue weighted by atomic mass is 10.0. The minimum Gasteiger partial charge on any atom is -0.478 e. The molecule has 2 aliphatic heterocycles. The van der Waals surface area contributed by atoms with E-state index in [9.17, 15) is 14.7 Å². The maximum atomic E-state index is 12.8. The molecule has 1 aromatic heterocycles. The van der Waals surface area contributed by atoms with Crippen LogP contribution in [0.25, 0.3) is 0 Å². The number of carboxylic acids is 1. The van der Waals surface area contributed by atoms with Gasteiger partial charge >= 0.3 is 5.97 Å². The Morgan fingerprint density at radius 1 is 1.21 bits per heavy atom. The molecule has 9 nitrogen and oxygen atoms in total. The number of nitrogens with zero attached hydrogens (tertiary/aromatic N) is 3. The number of ether oxygens (including phenoxy) is 2. The maximum Gasteiger partial charge on any atom is 0.337 e. The van der Waals surface area contributed by atoms with Gasteiger partial charge in [0.2, 0.25) is 0 Å². The summed E-state index contributed by atoms with van der Waals surface area (Å²) in [7, 11) is 1.98. The van der Waals surface area contributed by atoms with E-state index < -0.39 is 11.9 Å². The van der Waals surface area contributed by atoms with E-state index in [0.29, 0.717) is 25.7 Å². The number of amides is 1. The van der Waals surface area contributed by atoms with Crippen LogP contribution in [-0.2, 0) is 16.0 Å². The molecular formula is C23H30N4O5S. The maximum absolute atomic E-state index is 12.8. The van der Waals surface area contributed by atoms with E-state index in [2.05, 4.69) is 20.1 Å². The fourth-order valence-corrected chi connectivity index (χ4v) is 4.90. The monoisotopic (exact) mass is 474 g/mol. The number of carbonyl (C=O) groups excluding carboxylic acids is 1. The van der Waals surface area contributed by atoms with Gasteiger partial charge in [0.15, 0.2) is 5.13 Å². The molecule has 33 heavy (non-hydrogen) atoms. The Labute approximate surface area is 197 Å². The summed E-state index contributed by atoms with van der Waals surface area (Å²) in [6, 6.07) is 5.13. The molecule has 1 aromatic carbocycles. The summed E-state index contributed by atoms with van der Waals surface area (Å²) < 4.78 is 10.8. The first kappa shape index (κ1) is 23.6. The molecule has 0 atom stereocenters. The van der Waals surface area contributed by atoms with Crippen LogP contribution in [0.5, 0.6) is 0 Å². The van der Waals surface area contributed by atoms with Gasteiger partial charge in [0.05, 0.1) is 24.5 Å². The molecular weight excluding hydrogens is 444 g/mol. The summed E-state index contributed by atoms with van der Waals surface area (Å²) in [6.07, 6.45) is 2.06. The molecule has 2 aromatic rings. The smallest absolute Gasteiger partial charge is 0.337 e. The van der Waals surface area contributed by atoms with Crippen LogP contribution in [0.2, 0.25) is 0 Å². The summed E-state index contributed by atoms with van der Waals surface area (Å²) in [4.78, 5) is 33.4. The van der Waals surface area contributed by atoms with Crippen molar-refractivity contribution in [2.24, 2.45) is 5.92 Å². The van der Waals surface area contributed by atoms with Gasteiger partial charge in [-0.2, -0.15) is 0 Å². The second-order valence-electron chi connectivity index (χ2n) is 8.48. The van der Waals surface area contributed by atoms with Crippen molar-refractivity contribution in [3.63, 3.8) is 0 Å². The number of hydrogen-bond acceptors (Lipinski definition) is 8. The molecule has 0 saturated carbocycles. The van der Waals surface area contributed by atoms with Gasteiger partial charge in [-0.3, -0.25) is 9.69 Å². The molecule has 2 saturated heterocycles. The third-order valence-electron chi connectivity index (χ3n) is 6.00. The lowest BCUT2D eigenvalue weighted by Gasteiger charge is -2.26. The topological polar surface area (TPSA) is 104 Å². The number of nitrogens with one attached hydrogen (secondary N) is 1. The molecule has 0 unspecified atom stereocenters. The molecule has 0 radical (unpaired) electrons. The van der Waals surface area contributed by atoms with Gasteiger partial charge in [0.25, 0.3) is 5.91 Å². The first-order valence-corrected chi connectivity index (χ1v) is 12.1. The molecule has 3 heterocycles. The minimum atomic E-state index is -1.08. The first-order valence-electron chi connectivity index (χ1n) is 11.2. The van der Waals surface area contributed by atoms with Gasteiger partial charge < -0.3 is 24.8 Å². The number of thiazole rings is 1. The fourth-order valence-electron chi connectivity index (χ4n) is 4.12. The quantitative estimate of drug-likeness (QED) is 0.602. The fraction of sp³-hybridized carbons (Fsp3) is 0.522. The molecule has 0 bridgehead atoms. The van der Waals surface area contributed by atoms with E-state index >= 15 is 0 Å². The van der Waals surface area contributed by atoms with E-state index in [4.69, 9.17) is 9.47 Å². The molecule has 178 valence electrons. The first-order chi connectivity index (χ1) is 16.0. The Kier molecular flexibility index (Phi) is 7.92. The van der Waals surface area contributed by atoms with Crippen molar-refractivity contribution in [2.75, 3.05) is 63.3 Å². The summed E-state index contributed by atoms with van der Waals surface area (Å²) in [5.74, 6) is -0.941. The van der Waals surface area contributed by atoms with Crippen LogP contribution in [0.15, 0.2) is 23.6 Å². The van der Waals surface area contributed by atoms with Crippen LogP contribution in [0, 0.1) is 5.92 Å². The minimum absolute atomic E-state index is 0.0706. The SMILES string of the molecule is CN(CC1CCOCC1)c1nc(C(=O)Nc2ccc(CN3CCOCC3)cc2C(=O)O)cs1. The molecule has 1 amide bonds.